The number of rotatable bonds is 17. The number of ketones is 2. The molecule has 29 atom stereocenters. The van der Waals surface area contributed by atoms with Crippen molar-refractivity contribution < 1.29 is 119 Å². The third kappa shape index (κ3) is 11.0. The van der Waals surface area contributed by atoms with Crippen molar-refractivity contribution in [3.63, 3.8) is 0 Å². The van der Waals surface area contributed by atoms with E-state index in [1.165, 1.54) is 0 Å². The van der Waals surface area contributed by atoms with Crippen molar-refractivity contribution in [2.45, 2.75) is 215 Å². The van der Waals surface area contributed by atoms with Crippen molar-refractivity contribution in [1.29, 1.82) is 0 Å². The van der Waals surface area contributed by atoms with Gasteiger partial charge in [0.05, 0.1) is 32.5 Å². The van der Waals surface area contributed by atoms with Gasteiger partial charge in [-0.3, -0.25) is 9.59 Å². The van der Waals surface area contributed by atoms with E-state index in [9.17, 15) is 81.1 Å². The van der Waals surface area contributed by atoms with Gasteiger partial charge in [-0.25, -0.2) is 0 Å². The standard InChI is InChI=1S/C50H80O24/c1-19(18-67-45-38(62)34(58)32(56)28(15-51)69-45)5-8-26(54)20(2)31-27(55)14-25-23-7-6-21-13-22(9-11-49(21,3)24(23)10-12-50(25,31)4)68-48-43(73-47-40(64)36(60)37(61)44(66)74-47)41(65)42(30(17-53)71-48)72-46-39(63)35(59)33(57)29(16-52)70-46/h6,19-20,22-25,28-48,51-53,56-66H,5,7-18H2,1-4H3/t19-,20-,22?,23-,24+,25+,28?,29?,30?,31?,32-,33-,34?,35?,36?,37-,38?,39?,40?,41?,42-,43?,44?,45-,46+,47-,48-,49+,50+/m1/s1. The molecule has 0 aromatic rings. The van der Waals surface area contributed by atoms with Gasteiger partial charge in [0.25, 0.3) is 0 Å². The number of Topliss-reactive ketones (excluding diaryl/α,β-unsaturated/α-hetero) is 2. The summed E-state index contributed by atoms with van der Waals surface area (Å²) in [5.74, 6) is -0.644. The van der Waals surface area contributed by atoms with Gasteiger partial charge in [-0.15, -0.1) is 0 Å². The molecule has 4 aliphatic heterocycles. The fourth-order valence-corrected chi connectivity index (χ4v) is 13.9. The van der Waals surface area contributed by atoms with Crippen LogP contribution in [-0.2, 0) is 47.5 Å². The molecule has 4 saturated heterocycles. The molecule has 14 N–H and O–H groups in total. The van der Waals surface area contributed by atoms with Crippen LogP contribution in [0, 0.1) is 46.3 Å². The minimum absolute atomic E-state index is 0.0242. The zero-order valence-corrected chi connectivity index (χ0v) is 42.2. The first-order valence-corrected chi connectivity index (χ1v) is 26.2. The summed E-state index contributed by atoms with van der Waals surface area (Å²) in [5.41, 5.74) is 0.443. The van der Waals surface area contributed by atoms with E-state index in [0.29, 0.717) is 38.5 Å². The Hall–Kier alpha value is -1.80. The second kappa shape index (κ2) is 23.5. The summed E-state index contributed by atoms with van der Waals surface area (Å²) in [7, 11) is 0. The predicted octanol–water partition coefficient (Wildman–Crippen LogP) is -4.03. The van der Waals surface area contributed by atoms with Gasteiger partial charge in [0, 0.05) is 24.7 Å². The maximum Gasteiger partial charge on any atom is 0.189 e. The first-order chi connectivity index (χ1) is 35.0. The van der Waals surface area contributed by atoms with Gasteiger partial charge in [0.1, 0.15) is 103 Å². The topological polar surface area (TPSA) is 391 Å². The molecule has 424 valence electrons. The van der Waals surface area contributed by atoms with Gasteiger partial charge < -0.3 is 109 Å². The molecule has 0 bridgehead atoms. The summed E-state index contributed by atoms with van der Waals surface area (Å²) in [4.78, 5) is 28.0. The summed E-state index contributed by atoms with van der Waals surface area (Å²) in [6, 6.07) is 0. The fraction of sp³-hybridized carbons (Fsp3) is 0.920. The molecule has 14 unspecified atom stereocenters. The largest absolute Gasteiger partial charge is 0.394 e. The number of fused-ring (bicyclic) bond motifs is 5. The molecule has 0 amide bonds. The quantitative estimate of drug-likeness (QED) is 0.0617. The second-order valence-electron chi connectivity index (χ2n) is 22.9. The number of aliphatic hydroxyl groups is 14. The lowest BCUT2D eigenvalue weighted by Gasteiger charge is -2.58. The van der Waals surface area contributed by atoms with Gasteiger partial charge >= 0.3 is 0 Å². The summed E-state index contributed by atoms with van der Waals surface area (Å²) >= 11 is 0. The lowest BCUT2D eigenvalue weighted by atomic mass is 9.47. The van der Waals surface area contributed by atoms with Gasteiger partial charge in [-0.1, -0.05) is 39.3 Å². The summed E-state index contributed by atoms with van der Waals surface area (Å²) in [6.07, 6.45) is -27.0. The number of hydrogen-bond donors (Lipinski definition) is 14. The highest BCUT2D eigenvalue weighted by Gasteiger charge is 2.63. The van der Waals surface area contributed by atoms with Crippen LogP contribution in [-0.4, -0.2) is 239 Å². The van der Waals surface area contributed by atoms with Crippen LogP contribution in [0.3, 0.4) is 0 Å². The molecule has 4 aliphatic carbocycles. The van der Waals surface area contributed by atoms with Crippen LogP contribution in [0.2, 0.25) is 0 Å². The number of ether oxygens (including phenoxy) is 8. The fourth-order valence-electron chi connectivity index (χ4n) is 13.9. The van der Waals surface area contributed by atoms with Crippen molar-refractivity contribution in [2.75, 3.05) is 26.4 Å². The van der Waals surface area contributed by atoms with E-state index in [4.69, 9.17) is 37.9 Å². The molecular weight excluding hydrogens is 985 g/mol. The third-order valence-electron chi connectivity index (χ3n) is 18.4. The van der Waals surface area contributed by atoms with Crippen molar-refractivity contribution in [2.24, 2.45) is 46.3 Å². The van der Waals surface area contributed by atoms with Crippen molar-refractivity contribution >= 4 is 11.6 Å². The monoisotopic (exact) mass is 1060 g/mol. The SMILES string of the molecule is C[C@H](CCC(=O)[C@@H](C)C1C(=O)C[C@H]2[C@@H]3CC=C4CC(O[C@@H]5OC(CO)[C@@H](O[C@@H]6OC(CO)[C@@H](O)C(O)C6O)C(O)C5O[C@@H]5OC(O)[C@H](O)C(O)C5O)CC[C@]4(C)[C@H]3CC[C@]12C)CO[C@@H]1OC(CO)[C@@H](O)C(O)C1O. The van der Waals surface area contributed by atoms with E-state index in [1.54, 1.807) is 0 Å². The molecule has 0 radical (unpaired) electrons. The van der Waals surface area contributed by atoms with Crippen molar-refractivity contribution in [3.05, 3.63) is 11.6 Å². The molecule has 24 nitrogen and oxygen atoms in total. The van der Waals surface area contributed by atoms with Gasteiger partial charge in [-0.05, 0) is 79.4 Å². The summed E-state index contributed by atoms with van der Waals surface area (Å²) < 4.78 is 46.6. The number of hydrogen-bond acceptors (Lipinski definition) is 24. The Labute approximate surface area is 428 Å². The summed E-state index contributed by atoms with van der Waals surface area (Å²) in [6.45, 7) is 6.03. The highest BCUT2D eigenvalue weighted by Crippen LogP contribution is 2.66. The number of carbonyl (C=O) groups is 2. The molecule has 0 spiro atoms. The zero-order chi connectivity index (χ0) is 53.9. The van der Waals surface area contributed by atoms with Crippen LogP contribution >= 0.6 is 0 Å². The number of aliphatic hydroxyl groups excluding tert-OH is 14. The Morgan fingerprint density at radius 2 is 1.20 bits per heavy atom. The normalized spacial score (nSPS) is 50.5. The molecule has 24 heteroatoms. The van der Waals surface area contributed by atoms with E-state index in [0.717, 1.165) is 18.4 Å². The van der Waals surface area contributed by atoms with Crippen LogP contribution in [0.1, 0.15) is 85.5 Å². The first kappa shape index (κ1) is 58.4. The third-order valence-corrected chi connectivity index (χ3v) is 18.4. The smallest absolute Gasteiger partial charge is 0.189 e. The number of allylic oxidation sites excluding steroid dienone is 1. The minimum Gasteiger partial charge on any atom is -0.394 e. The first-order valence-electron chi connectivity index (χ1n) is 26.2. The molecule has 8 rings (SSSR count). The van der Waals surface area contributed by atoms with Crippen molar-refractivity contribution in [1.82, 2.24) is 0 Å². The Balaban J connectivity index is 0.919. The molecule has 74 heavy (non-hydrogen) atoms. The van der Waals surface area contributed by atoms with Gasteiger partial charge in [0.15, 0.2) is 31.5 Å². The van der Waals surface area contributed by atoms with Crippen molar-refractivity contribution in [3.8, 4) is 0 Å². The lowest BCUT2D eigenvalue weighted by molar-refractivity contribution is -0.400. The molecule has 7 fully saturated rings. The Morgan fingerprint density at radius 3 is 1.84 bits per heavy atom. The van der Waals surface area contributed by atoms with Gasteiger partial charge in [-0.2, -0.15) is 0 Å². The maximum atomic E-state index is 14.1. The molecule has 0 aromatic heterocycles. The molecule has 3 saturated carbocycles. The van der Waals surface area contributed by atoms with Crippen LogP contribution < -0.4 is 0 Å². The van der Waals surface area contributed by atoms with Crippen LogP contribution in [0.25, 0.3) is 0 Å². The van der Waals surface area contributed by atoms with E-state index in [2.05, 4.69) is 19.9 Å². The Morgan fingerprint density at radius 1 is 0.635 bits per heavy atom. The minimum atomic E-state index is -2.02. The van der Waals surface area contributed by atoms with E-state index in [1.807, 2.05) is 13.8 Å². The Bertz CT molecular complexity index is 1940. The second-order valence-corrected chi connectivity index (χ2v) is 22.9. The average Bonchev–Trinajstić information content (AvgIpc) is 3.66. The molecule has 4 heterocycles. The highest BCUT2D eigenvalue weighted by molar-refractivity contribution is 5.92. The average molecular weight is 1070 g/mol. The number of carbonyl (C=O) groups excluding carboxylic acids is 2. The summed E-state index contributed by atoms with van der Waals surface area (Å²) in [5, 5.41) is 146. The van der Waals surface area contributed by atoms with E-state index >= 15 is 0 Å². The maximum absolute atomic E-state index is 14.1. The van der Waals surface area contributed by atoms with Gasteiger partial charge in [0.2, 0.25) is 0 Å². The van der Waals surface area contributed by atoms with Crippen LogP contribution in [0.4, 0.5) is 0 Å². The van der Waals surface area contributed by atoms with E-state index < -0.39 is 166 Å². The highest BCUT2D eigenvalue weighted by atomic mass is 16.8. The van der Waals surface area contributed by atoms with Crippen LogP contribution in [0.5, 0.6) is 0 Å². The predicted molar refractivity (Wildman–Crippen MR) is 247 cm³/mol. The lowest BCUT2D eigenvalue weighted by Crippen LogP contribution is -2.67. The zero-order valence-electron chi connectivity index (χ0n) is 42.2. The van der Waals surface area contributed by atoms with E-state index in [-0.39, 0.29) is 53.7 Å². The van der Waals surface area contributed by atoms with Crippen LogP contribution in [0.15, 0.2) is 11.6 Å². The molecule has 0 aromatic carbocycles. The molecule has 8 aliphatic rings. The molecular formula is C50H80O24. The Kier molecular flexibility index (Phi) is 18.5.